The van der Waals surface area contributed by atoms with Crippen molar-refractivity contribution in [2.75, 3.05) is 26.2 Å². The summed E-state index contributed by atoms with van der Waals surface area (Å²) in [6.45, 7) is 2.30. The third-order valence-electron chi connectivity index (χ3n) is 4.62. The number of aryl methyl sites for hydroxylation is 1. The van der Waals surface area contributed by atoms with E-state index in [4.69, 9.17) is 11.6 Å². The highest BCUT2D eigenvalue weighted by Gasteiger charge is 2.31. The number of piperazine rings is 1. The van der Waals surface area contributed by atoms with Gasteiger partial charge in [0.2, 0.25) is 10.0 Å². The molecule has 10 heteroatoms. The molecule has 1 saturated heterocycles. The van der Waals surface area contributed by atoms with Gasteiger partial charge in [0.15, 0.2) is 0 Å². The SMILES string of the molecule is Cc1cc(C(=O)N2CCN(S(=O)(=O)c3ccccc3Cl)CC2)ccc1[N+](=O)[O-]. The number of benzene rings is 2. The lowest BCUT2D eigenvalue weighted by atomic mass is 10.1. The van der Waals surface area contributed by atoms with Gasteiger partial charge in [0, 0.05) is 43.4 Å². The Balaban J connectivity index is 1.72. The molecule has 0 aliphatic carbocycles. The van der Waals surface area contributed by atoms with Gasteiger partial charge in [0.1, 0.15) is 4.90 Å². The van der Waals surface area contributed by atoms with E-state index in [0.717, 1.165) is 0 Å². The van der Waals surface area contributed by atoms with Crippen LogP contribution in [0, 0.1) is 17.0 Å². The van der Waals surface area contributed by atoms with Crippen molar-refractivity contribution in [2.45, 2.75) is 11.8 Å². The maximum absolute atomic E-state index is 12.8. The molecule has 0 radical (unpaired) electrons. The summed E-state index contributed by atoms with van der Waals surface area (Å²) < 4.78 is 26.9. The molecule has 0 aromatic heterocycles. The number of halogens is 1. The first kappa shape index (κ1) is 20.2. The number of rotatable bonds is 4. The van der Waals surface area contributed by atoms with Crippen LogP contribution in [-0.4, -0.2) is 54.6 Å². The Morgan fingerprint density at radius 2 is 1.75 bits per heavy atom. The van der Waals surface area contributed by atoms with Crippen LogP contribution in [0.4, 0.5) is 5.69 Å². The lowest BCUT2D eigenvalue weighted by molar-refractivity contribution is -0.385. The van der Waals surface area contributed by atoms with Crippen LogP contribution < -0.4 is 0 Å². The van der Waals surface area contributed by atoms with Crippen molar-refractivity contribution in [3.63, 3.8) is 0 Å². The minimum atomic E-state index is -3.74. The van der Waals surface area contributed by atoms with E-state index in [9.17, 15) is 23.3 Å². The van der Waals surface area contributed by atoms with Crippen LogP contribution in [0.2, 0.25) is 5.02 Å². The largest absolute Gasteiger partial charge is 0.336 e. The highest BCUT2D eigenvalue weighted by atomic mass is 35.5. The second-order valence-electron chi connectivity index (χ2n) is 6.39. The summed E-state index contributed by atoms with van der Waals surface area (Å²) in [5, 5.41) is 11.1. The van der Waals surface area contributed by atoms with Crippen molar-refractivity contribution in [1.82, 2.24) is 9.21 Å². The average molecular weight is 424 g/mol. The number of sulfonamides is 1. The number of carbonyl (C=O) groups is 1. The molecule has 1 fully saturated rings. The molecule has 8 nitrogen and oxygen atoms in total. The molecule has 3 rings (SSSR count). The van der Waals surface area contributed by atoms with Gasteiger partial charge in [-0.1, -0.05) is 23.7 Å². The highest BCUT2D eigenvalue weighted by Crippen LogP contribution is 2.25. The number of amides is 1. The monoisotopic (exact) mass is 423 g/mol. The number of nitrogens with zero attached hydrogens (tertiary/aromatic N) is 3. The second-order valence-corrected chi connectivity index (χ2v) is 8.70. The van der Waals surface area contributed by atoms with Crippen LogP contribution in [0.5, 0.6) is 0 Å². The maximum atomic E-state index is 12.8. The summed E-state index contributed by atoms with van der Waals surface area (Å²) in [6.07, 6.45) is 0. The van der Waals surface area contributed by atoms with Gasteiger partial charge in [0.05, 0.1) is 9.95 Å². The number of carbonyl (C=O) groups excluding carboxylic acids is 1. The first-order valence-electron chi connectivity index (χ1n) is 8.51. The summed E-state index contributed by atoms with van der Waals surface area (Å²) in [4.78, 5) is 24.7. The van der Waals surface area contributed by atoms with Gasteiger partial charge in [-0.05, 0) is 31.2 Å². The van der Waals surface area contributed by atoms with Crippen LogP contribution in [0.15, 0.2) is 47.4 Å². The zero-order valence-electron chi connectivity index (χ0n) is 15.0. The van der Waals surface area contributed by atoms with Gasteiger partial charge >= 0.3 is 0 Å². The van der Waals surface area contributed by atoms with Gasteiger partial charge in [-0.2, -0.15) is 4.31 Å². The van der Waals surface area contributed by atoms with Crippen molar-refractivity contribution < 1.29 is 18.1 Å². The normalized spacial score (nSPS) is 15.4. The van der Waals surface area contributed by atoms with E-state index < -0.39 is 14.9 Å². The predicted molar refractivity (Wildman–Crippen MR) is 104 cm³/mol. The molecule has 148 valence electrons. The van der Waals surface area contributed by atoms with Crippen LogP contribution in [0.3, 0.4) is 0 Å². The third-order valence-corrected chi connectivity index (χ3v) is 7.02. The predicted octanol–water partition coefficient (Wildman–Crippen LogP) is 2.70. The Morgan fingerprint density at radius 1 is 1.11 bits per heavy atom. The van der Waals surface area contributed by atoms with Crippen molar-refractivity contribution in [2.24, 2.45) is 0 Å². The number of hydrogen-bond acceptors (Lipinski definition) is 5. The Bertz CT molecular complexity index is 1030. The summed E-state index contributed by atoms with van der Waals surface area (Å²) in [5.74, 6) is -0.284. The molecule has 0 N–H and O–H groups in total. The van der Waals surface area contributed by atoms with Gasteiger partial charge in [0.25, 0.3) is 11.6 Å². The molecule has 1 aliphatic heterocycles. The summed E-state index contributed by atoms with van der Waals surface area (Å²) in [6, 6.07) is 10.4. The minimum absolute atomic E-state index is 0.0439. The molecule has 28 heavy (non-hydrogen) atoms. The molecule has 2 aromatic rings. The third kappa shape index (κ3) is 3.87. The van der Waals surface area contributed by atoms with Crippen LogP contribution in [0.25, 0.3) is 0 Å². The lowest BCUT2D eigenvalue weighted by Gasteiger charge is -2.34. The highest BCUT2D eigenvalue weighted by molar-refractivity contribution is 7.89. The van der Waals surface area contributed by atoms with Crippen molar-refractivity contribution in [1.29, 1.82) is 0 Å². The van der Waals surface area contributed by atoms with Crippen LogP contribution in [-0.2, 0) is 10.0 Å². The smallest absolute Gasteiger partial charge is 0.272 e. The standard InChI is InChI=1S/C18H18ClN3O5S/c1-13-12-14(6-7-16(13)22(24)25)18(23)20-8-10-21(11-9-20)28(26,27)17-5-3-2-4-15(17)19/h2-7,12H,8-11H2,1H3. The van der Waals surface area contributed by atoms with Crippen molar-refractivity contribution in [3.05, 3.63) is 68.7 Å². The van der Waals surface area contributed by atoms with Crippen LogP contribution >= 0.6 is 11.6 Å². The van der Waals surface area contributed by atoms with E-state index >= 15 is 0 Å². The van der Waals surface area contributed by atoms with Gasteiger partial charge in [-0.15, -0.1) is 0 Å². The molecular formula is C18H18ClN3O5S. The molecule has 1 amide bonds. The Labute approximate surface area is 167 Å². The first-order chi connectivity index (χ1) is 13.2. The Hall–Kier alpha value is -2.49. The lowest BCUT2D eigenvalue weighted by Crippen LogP contribution is -2.50. The fourth-order valence-corrected chi connectivity index (χ4v) is 5.02. The molecular weight excluding hydrogens is 406 g/mol. The fraction of sp³-hybridized carbons (Fsp3) is 0.278. The minimum Gasteiger partial charge on any atom is -0.336 e. The maximum Gasteiger partial charge on any atom is 0.272 e. The van der Waals surface area contributed by atoms with E-state index in [0.29, 0.717) is 11.1 Å². The molecule has 1 aliphatic rings. The van der Waals surface area contributed by atoms with E-state index in [2.05, 4.69) is 0 Å². The van der Waals surface area contributed by atoms with Crippen molar-refractivity contribution >= 4 is 33.2 Å². The van der Waals surface area contributed by atoms with Gasteiger partial charge in [-0.25, -0.2) is 8.42 Å². The quantitative estimate of drug-likeness (QED) is 0.555. The molecule has 0 saturated carbocycles. The van der Waals surface area contributed by atoms with Gasteiger partial charge in [-0.3, -0.25) is 14.9 Å². The van der Waals surface area contributed by atoms with E-state index in [1.165, 1.54) is 34.6 Å². The zero-order chi connectivity index (χ0) is 20.5. The molecule has 1 heterocycles. The fourth-order valence-electron chi connectivity index (χ4n) is 3.10. The van der Waals surface area contributed by atoms with Crippen molar-refractivity contribution in [3.8, 4) is 0 Å². The number of nitro benzene ring substituents is 1. The number of nitro groups is 1. The van der Waals surface area contributed by atoms with Gasteiger partial charge < -0.3 is 4.90 Å². The summed E-state index contributed by atoms with van der Waals surface area (Å²) in [5.41, 5.74) is 0.688. The zero-order valence-corrected chi connectivity index (χ0v) is 16.6. The molecule has 0 bridgehead atoms. The molecule has 0 unspecified atom stereocenters. The van der Waals surface area contributed by atoms with Crippen LogP contribution in [0.1, 0.15) is 15.9 Å². The first-order valence-corrected chi connectivity index (χ1v) is 10.3. The van der Waals surface area contributed by atoms with E-state index in [1.807, 2.05) is 0 Å². The second kappa shape index (κ2) is 7.86. The summed E-state index contributed by atoms with van der Waals surface area (Å²) in [7, 11) is -3.74. The molecule has 0 spiro atoms. The van der Waals surface area contributed by atoms with E-state index in [-0.39, 0.29) is 47.7 Å². The average Bonchev–Trinajstić information content (AvgIpc) is 2.67. The topological polar surface area (TPSA) is 101 Å². The van der Waals surface area contributed by atoms with E-state index in [1.54, 1.807) is 24.0 Å². The Morgan fingerprint density at radius 3 is 2.32 bits per heavy atom. The molecule has 0 atom stereocenters. The Kier molecular flexibility index (Phi) is 5.69. The molecule has 2 aromatic carbocycles. The number of hydrogen-bond donors (Lipinski definition) is 0. The summed E-state index contributed by atoms with van der Waals surface area (Å²) >= 11 is 6.02.